The smallest absolute Gasteiger partial charge is 0.361 e. The van der Waals surface area contributed by atoms with Crippen LogP contribution in [-0.2, 0) is 9.63 Å². The largest absolute Gasteiger partial charge is 0.492 e. The quantitative estimate of drug-likeness (QED) is 0.609. The average Bonchev–Trinajstić information content (AvgIpc) is 1.95. The van der Waals surface area contributed by atoms with Crippen molar-refractivity contribution in [3.05, 3.63) is 0 Å². The van der Waals surface area contributed by atoms with E-state index in [0.29, 0.717) is 6.54 Å². The van der Waals surface area contributed by atoms with Gasteiger partial charge >= 0.3 is 12.1 Å². The van der Waals surface area contributed by atoms with Gasteiger partial charge in [0.15, 0.2) is 0 Å². The van der Waals surface area contributed by atoms with Crippen LogP contribution < -0.4 is 0 Å². The van der Waals surface area contributed by atoms with Gasteiger partial charge in [0.2, 0.25) is 0 Å². The van der Waals surface area contributed by atoms with Gasteiger partial charge in [0.05, 0.1) is 0 Å². The zero-order chi connectivity index (χ0) is 9.35. The predicted molar refractivity (Wildman–Crippen MR) is 32.9 cm³/mol. The van der Waals surface area contributed by atoms with Gasteiger partial charge < -0.3 is 4.84 Å². The normalized spacial score (nSPS) is 24.8. The van der Waals surface area contributed by atoms with Gasteiger partial charge in [-0.25, -0.2) is 4.79 Å². The van der Waals surface area contributed by atoms with Gasteiger partial charge in [-0.2, -0.15) is 13.2 Å². The highest BCUT2D eigenvalue weighted by molar-refractivity contribution is 5.75. The van der Waals surface area contributed by atoms with Crippen molar-refractivity contribution in [3.8, 4) is 0 Å². The van der Waals surface area contributed by atoms with Crippen LogP contribution in [0.15, 0.2) is 0 Å². The number of hydrogen-bond acceptors (Lipinski definition) is 3. The van der Waals surface area contributed by atoms with E-state index < -0.39 is 12.1 Å². The minimum atomic E-state index is -4.89. The maximum atomic E-state index is 11.6. The zero-order valence-electron chi connectivity index (χ0n) is 6.39. The summed E-state index contributed by atoms with van der Waals surface area (Å²) in [5, 5.41) is 1.02. The second kappa shape index (κ2) is 2.93. The Balaban J connectivity index is 2.36. The highest BCUT2D eigenvalue weighted by atomic mass is 19.4. The molecule has 6 heteroatoms. The van der Waals surface area contributed by atoms with Crippen molar-refractivity contribution in [2.75, 3.05) is 6.54 Å². The van der Waals surface area contributed by atoms with Crippen molar-refractivity contribution < 1.29 is 22.8 Å². The Morgan fingerprint density at radius 3 is 2.42 bits per heavy atom. The van der Waals surface area contributed by atoms with E-state index in [-0.39, 0.29) is 6.04 Å². The topological polar surface area (TPSA) is 29.5 Å². The Hall–Kier alpha value is -0.780. The van der Waals surface area contributed by atoms with Crippen molar-refractivity contribution in [1.29, 1.82) is 0 Å². The van der Waals surface area contributed by atoms with E-state index in [1.807, 2.05) is 0 Å². The maximum Gasteiger partial charge on any atom is 0.492 e. The fourth-order valence-corrected chi connectivity index (χ4v) is 0.787. The SMILES string of the molecule is C[C@H]1CCN1OC(=O)C(F)(F)F. The molecule has 0 aromatic heterocycles. The third-order valence-corrected chi connectivity index (χ3v) is 1.69. The van der Waals surface area contributed by atoms with Gasteiger partial charge in [0.1, 0.15) is 0 Å². The van der Waals surface area contributed by atoms with Gasteiger partial charge in [0, 0.05) is 12.6 Å². The van der Waals surface area contributed by atoms with Gasteiger partial charge in [-0.3, -0.25) is 0 Å². The number of rotatable bonds is 1. The first-order chi connectivity index (χ1) is 5.41. The minimum Gasteiger partial charge on any atom is -0.361 e. The Kier molecular flexibility index (Phi) is 2.27. The predicted octanol–water partition coefficient (Wildman–Crippen LogP) is 1.10. The van der Waals surface area contributed by atoms with Crippen molar-refractivity contribution in [2.24, 2.45) is 0 Å². The number of nitrogens with zero attached hydrogens (tertiary/aromatic N) is 1. The van der Waals surface area contributed by atoms with Gasteiger partial charge in [-0.1, -0.05) is 0 Å². The average molecular weight is 183 g/mol. The first-order valence-electron chi connectivity index (χ1n) is 3.47. The standard InChI is InChI=1S/C6H8F3NO2/c1-4-2-3-10(4)12-5(11)6(7,8)9/h4H,2-3H2,1H3/t4-/m0/s1. The van der Waals surface area contributed by atoms with Crippen molar-refractivity contribution in [1.82, 2.24) is 5.06 Å². The molecule has 0 aliphatic carbocycles. The van der Waals surface area contributed by atoms with Crippen molar-refractivity contribution in [3.63, 3.8) is 0 Å². The van der Waals surface area contributed by atoms with Crippen LogP contribution >= 0.6 is 0 Å². The molecule has 0 unspecified atom stereocenters. The third-order valence-electron chi connectivity index (χ3n) is 1.69. The monoisotopic (exact) mass is 183 g/mol. The van der Waals surface area contributed by atoms with Gasteiger partial charge in [-0.05, 0) is 13.3 Å². The van der Waals surface area contributed by atoms with Gasteiger partial charge in [0.25, 0.3) is 0 Å². The molecule has 1 atom stereocenters. The number of alkyl halides is 3. The molecule has 3 nitrogen and oxygen atoms in total. The molecule has 1 fully saturated rings. The molecule has 0 saturated carbocycles. The summed E-state index contributed by atoms with van der Waals surface area (Å²) in [7, 11) is 0. The van der Waals surface area contributed by atoms with Crippen LogP contribution in [0.1, 0.15) is 13.3 Å². The molecule has 1 aliphatic heterocycles. The molecule has 1 rings (SSSR count). The molecule has 0 bridgehead atoms. The lowest BCUT2D eigenvalue weighted by molar-refractivity contribution is -0.261. The molecule has 12 heavy (non-hydrogen) atoms. The van der Waals surface area contributed by atoms with E-state index in [0.717, 1.165) is 11.5 Å². The molecule has 1 heterocycles. The number of carbonyl (C=O) groups is 1. The number of hydrogen-bond donors (Lipinski definition) is 0. The number of hydroxylamine groups is 2. The van der Waals surface area contributed by atoms with Crippen LogP contribution in [0, 0.1) is 0 Å². The summed E-state index contributed by atoms with van der Waals surface area (Å²) in [6, 6.07) is -0.101. The summed E-state index contributed by atoms with van der Waals surface area (Å²) in [4.78, 5) is 14.3. The van der Waals surface area contributed by atoms with Crippen molar-refractivity contribution in [2.45, 2.75) is 25.6 Å². The highest BCUT2D eigenvalue weighted by Gasteiger charge is 2.44. The lowest BCUT2D eigenvalue weighted by Gasteiger charge is -2.35. The second-order valence-electron chi connectivity index (χ2n) is 2.65. The third kappa shape index (κ3) is 1.88. The first-order valence-corrected chi connectivity index (χ1v) is 3.47. The second-order valence-corrected chi connectivity index (χ2v) is 2.65. The lowest BCUT2D eigenvalue weighted by atomic mass is 10.1. The van der Waals surface area contributed by atoms with E-state index in [1.54, 1.807) is 6.92 Å². The molecule has 0 N–H and O–H groups in total. The molecule has 70 valence electrons. The summed E-state index contributed by atoms with van der Waals surface area (Å²) >= 11 is 0. The Morgan fingerprint density at radius 1 is 1.58 bits per heavy atom. The Morgan fingerprint density at radius 2 is 2.17 bits per heavy atom. The van der Waals surface area contributed by atoms with Crippen LogP contribution in [0.25, 0.3) is 0 Å². The van der Waals surface area contributed by atoms with E-state index in [4.69, 9.17) is 0 Å². The van der Waals surface area contributed by atoms with E-state index in [9.17, 15) is 18.0 Å². The fraction of sp³-hybridized carbons (Fsp3) is 0.833. The summed E-state index contributed by atoms with van der Waals surface area (Å²) in [6.45, 7) is 2.07. The first kappa shape index (κ1) is 9.31. The van der Waals surface area contributed by atoms with Crippen molar-refractivity contribution >= 4 is 5.97 Å². The van der Waals surface area contributed by atoms with Gasteiger partial charge in [-0.15, -0.1) is 5.06 Å². The number of halogens is 3. The molecular weight excluding hydrogens is 175 g/mol. The Labute approximate surface area is 67.0 Å². The van der Waals surface area contributed by atoms with Crippen LogP contribution in [0.3, 0.4) is 0 Å². The highest BCUT2D eigenvalue weighted by Crippen LogP contribution is 2.22. The van der Waals surface area contributed by atoms with Crippen LogP contribution in [0.2, 0.25) is 0 Å². The lowest BCUT2D eigenvalue weighted by Crippen LogP contribution is -2.48. The van der Waals surface area contributed by atoms with E-state index >= 15 is 0 Å². The number of carbonyl (C=O) groups excluding carboxylic acids is 1. The minimum absolute atomic E-state index is 0.101. The summed E-state index contributed by atoms with van der Waals surface area (Å²) in [6.07, 6.45) is -4.14. The summed E-state index contributed by atoms with van der Waals surface area (Å²) in [5.74, 6) is -2.14. The maximum absolute atomic E-state index is 11.6. The molecule has 1 saturated heterocycles. The van der Waals surface area contributed by atoms with E-state index in [2.05, 4.69) is 4.84 Å². The molecule has 0 spiro atoms. The molecule has 0 radical (unpaired) electrons. The van der Waals surface area contributed by atoms with Crippen LogP contribution in [0.5, 0.6) is 0 Å². The Bertz CT molecular complexity index is 192. The molecule has 0 amide bonds. The molecular formula is C6H8F3NO2. The van der Waals surface area contributed by atoms with Crippen LogP contribution in [0.4, 0.5) is 13.2 Å². The molecule has 0 aromatic rings. The van der Waals surface area contributed by atoms with Crippen LogP contribution in [-0.4, -0.2) is 29.8 Å². The van der Waals surface area contributed by atoms with E-state index in [1.165, 1.54) is 0 Å². The molecule has 1 aliphatic rings. The fourth-order valence-electron chi connectivity index (χ4n) is 0.787. The zero-order valence-corrected chi connectivity index (χ0v) is 6.39. The summed E-state index contributed by atoms with van der Waals surface area (Å²) < 4.78 is 34.8. The molecule has 0 aromatic carbocycles. The summed E-state index contributed by atoms with van der Waals surface area (Å²) in [5.41, 5.74) is 0.